The number of rotatable bonds is 4. The van der Waals surface area contributed by atoms with Crippen molar-refractivity contribution in [2.24, 2.45) is 5.73 Å². The Bertz CT molecular complexity index is 601. The predicted octanol–water partition coefficient (Wildman–Crippen LogP) is 2.34. The van der Waals surface area contributed by atoms with Gasteiger partial charge < -0.3 is 10.2 Å². The molecule has 5 nitrogen and oxygen atoms in total. The van der Waals surface area contributed by atoms with E-state index in [9.17, 15) is 0 Å². The number of benzene rings is 1. The molecule has 0 spiro atoms. The van der Waals surface area contributed by atoms with Crippen molar-refractivity contribution in [1.29, 1.82) is 0 Å². The lowest BCUT2D eigenvalue weighted by atomic mass is 10.2. The highest BCUT2D eigenvalue weighted by Crippen LogP contribution is 2.25. The number of nitrogens with one attached hydrogen (secondary N) is 1. The van der Waals surface area contributed by atoms with E-state index in [0.29, 0.717) is 5.75 Å². The number of hydrogen-bond donors (Lipinski definition) is 2. The molecule has 92 valence electrons. The third-order valence-corrected chi connectivity index (χ3v) is 3.60. The van der Waals surface area contributed by atoms with E-state index in [0.717, 1.165) is 21.9 Å². The minimum absolute atomic E-state index is 0.160. The third kappa shape index (κ3) is 2.25. The van der Waals surface area contributed by atoms with Crippen LogP contribution in [0.3, 0.4) is 0 Å². The molecule has 0 bridgehead atoms. The summed E-state index contributed by atoms with van der Waals surface area (Å²) >= 11 is 1.53. The molecule has 0 aliphatic carbocycles. The van der Waals surface area contributed by atoms with Gasteiger partial charge in [-0.2, -0.15) is 5.10 Å². The number of nitrogens with zero attached hydrogens (tertiary/aromatic N) is 2. The van der Waals surface area contributed by atoms with Crippen LogP contribution in [0.5, 0.6) is 0 Å². The summed E-state index contributed by atoms with van der Waals surface area (Å²) in [6, 6.07) is 9.71. The molecule has 6 heteroatoms. The van der Waals surface area contributed by atoms with Crippen molar-refractivity contribution < 1.29 is 4.42 Å². The Labute approximate surface area is 108 Å². The van der Waals surface area contributed by atoms with Crippen LogP contribution >= 0.6 is 11.8 Å². The second-order valence-electron chi connectivity index (χ2n) is 3.89. The number of fused-ring (bicyclic) bond motifs is 1. The third-order valence-electron chi connectivity index (χ3n) is 2.60. The first kappa shape index (κ1) is 11.3. The van der Waals surface area contributed by atoms with E-state index in [-0.39, 0.29) is 6.04 Å². The molecule has 3 rings (SSSR count). The topological polar surface area (TPSA) is 80.7 Å². The van der Waals surface area contributed by atoms with Gasteiger partial charge in [0.25, 0.3) is 0 Å². The molecule has 0 fully saturated rings. The molecule has 0 aliphatic heterocycles. The minimum Gasteiger partial charge on any atom is -0.459 e. The molecule has 0 aliphatic rings. The lowest BCUT2D eigenvalue weighted by molar-refractivity contribution is 0.516. The zero-order valence-electron chi connectivity index (χ0n) is 9.54. The molecular weight excluding hydrogens is 248 g/mol. The van der Waals surface area contributed by atoms with Crippen molar-refractivity contribution >= 4 is 22.7 Å². The van der Waals surface area contributed by atoms with Gasteiger partial charge in [-0.15, -0.1) is 0 Å². The number of aromatic nitrogens is 3. The zero-order chi connectivity index (χ0) is 12.4. The molecule has 0 saturated heterocycles. The van der Waals surface area contributed by atoms with Crippen LogP contribution in [0.25, 0.3) is 11.0 Å². The van der Waals surface area contributed by atoms with Crippen LogP contribution in [0.2, 0.25) is 0 Å². The number of para-hydroxylation sites is 1. The molecule has 18 heavy (non-hydrogen) atoms. The smallest absolute Gasteiger partial charge is 0.183 e. The van der Waals surface area contributed by atoms with E-state index >= 15 is 0 Å². The summed E-state index contributed by atoms with van der Waals surface area (Å²) in [5.41, 5.74) is 6.97. The first-order chi connectivity index (χ1) is 8.83. The molecule has 3 N–H and O–H groups in total. The number of thioether (sulfide) groups is 1. The van der Waals surface area contributed by atoms with E-state index in [1.807, 2.05) is 30.3 Å². The number of aromatic amines is 1. The Morgan fingerprint density at radius 1 is 1.39 bits per heavy atom. The standard InChI is InChI=1S/C12H12N4OS/c13-9(6-18-12-14-7-15-16-12)11-5-8-3-1-2-4-10(8)17-11/h1-5,7,9H,6,13H2,(H,14,15,16). The van der Waals surface area contributed by atoms with Crippen LogP contribution in [0.4, 0.5) is 0 Å². The van der Waals surface area contributed by atoms with Gasteiger partial charge in [0.15, 0.2) is 5.16 Å². The van der Waals surface area contributed by atoms with Crippen LogP contribution in [0.1, 0.15) is 11.8 Å². The number of hydrogen-bond acceptors (Lipinski definition) is 5. The van der Waals surface area contributed by atoms with Crippen LogP contribution in [0.15, 0.2) is 46.2 Å². The van der Waals surface area contributed by atoms with Gasteiger partial charge >= 0.3 is 0 Å². The Hall–Kier alpha value is -1.79. The molecule has 1 aromatic carbocycles. The highest BCUT2D eigenvalue weighted by atomic mass is 32.2. The normalized spacial score (nSPS) is 12.9. The van der Waals surface area contributed by atoms with Gasteiger partial charge in [0, 0.05) is 11.1 Å². The summed E-state index contributed by atoms with van der Waals surface area (Å²) in [4.78, 5) is 4.03. The maximum atomic E-state index is 6.10. The number of nitrogens with two attached hydrogens (primary N) is 1. The highest BCUT2D eigenvalue weighted by Gasteiger charge is 2.13. The van der Waals surface area contributed by atoms with Gasteiger partial charge in [-0.1, -0.05) is 30.0 Å². The van der Waals surface area contributed by atoms with E-state index < -0.39 is 0 Å². The van der Waals surface area contributed by atoms with E-state index in [1.165, 1.54) is 18.1 Å². The summed E-state index contributed by atoms with van der Waals surface area (Å²) in [7, 11) is 0. The molecular formula is C12H12N4OS. The Morgan fingerprint density at radius 2 is 2.28 bits per heavy atom. The summed E-state index contributed by atoms with van der Waals surface area (Å²) < 4.78 is 5.72. The fourth-order valence-corrected chi connectivity index (χ4v) is 2.44. The van der Waals surface area contributed by atoms with Gasteiger partial charge in [-0.25, -0.2) is 4.98 Å². The van der Waals surface area contributed by atoms with Gasteiger partial charge in [0.05, 0.1) is 6.04 Å². The quantitative estimate of drug-likeness (QED) is 0.704. The van der Waals surface area contributed by atoms with Gasteiger partial charge in [0.2, 0.25) is 0 Å². The fraction of sp³-hybridized carbons (Fsp3) is 0.167. The van der Waals surface area contributed by atoms with E-state index in [2.05, 4.69) is 15.2 Å². The molecule has 2 heterocycles. The number of furan rings is 1. The van der Waals surface area contributed by atoms with Crippen molar-refractivity contribution in [3.63, 3.8) is 0 Å². The maximum Gasteiger partial charge on any atom is 0.183 e. The van der Waals surface area contributed by atoms with Crippen molar-refractivity contribution in [2.45, 2.75) is 11.2 Å². The largest absolute Gasteiger partial charge is 0.459 e. The summed E-state index contributed by atoms with van der Waals surface area (Å²) in [6.45, 7) is 0. The molecule has 1 atom stereocenters. The van der Waals surface area contributed by atoms with Crippen molar-refractivity contribution in [1.82, 2.24) is 15.2 Å². The SMILES string of the molecule is NC(CSc1ncn[nH]1)c1cc2ccccc2o1. The van der Waals surface area contributed by atoms with Crippen LogP contribution in [-0.4, -0.2) is 20.9 Å². The Morgan fingerprint density at radius 3 is 3.06 bits per heavy atom. The lowest BCUT2D eigenvalue weighted by Gasteiger charge is -2.05. The van der Waals surface area contributed by atoms with Gasteiger partial charge in [0.1, 0.15) is 17.7 Å². The Balaban J connectivity index is 1.73. The van der Waals surface area contributed by atoms with Crippen molar-refractivity contribution in [2.75, 3.05) is 5.75 Å². The van der Waals surface area contributed by atoms with Crippen molar-refractivity contribution in [3.05, 3.63) is 42.4 Å². The van der Waals surface area contributed by atoms with Crippen LogP contribution in [-0.2, 0) is 0 Å². The molecule has 0 radical (unpaired) electrons. The molecule has 2 aromatic heterocycles. The second-order valence-corrected chi connectivity index (χ2v) is 4.90. The lowest BCUT2D eigenvalue weighted by Crippen LogP contribution is -2.12. The summed E-state index contributed by atoms with van der Waals surface area (Å²) in [6.07, 6.45) is 1.48. The minimum atomic E-state index is -0.160. The molecule has 0 amide bonds. The first-order valence-corrected chi connectivity index (χ1v) is 6.54. The van der Waals surface area contributed by atoms with E-state index in [1.54, 1.807) is 0 Å². The number of H-pyrrole nitrogens is 1. The van der Waals surface area contributed by atoms with Crippen LogP contribution in [0, 0.1) is 0 Å². The van der Waals surface area contributed by atoms with Gasteiger partial charge in [-0.05, 0) is 12.1 Å². The van der Waals surface area contributed by atoms with Gasteiger partial charge in [-0.3, -0.25) is 5.10 Å². The molecule has 0 saturated carbocycles. The molecule has 1 unspecified atom stereocenters. The fourth-order valence-electron chi connectivity index (χ4n) is 1.70. The summed E-state index contributed by atoms with van der Waals surface area (Å²) in [5, 5.41) is 8.41. The second kappa shape index (κ2) is 4.83. The summed E-state index contributed by atoms with van der Waals surface area (Å²) in [5.74, 6) is 1.48. The average Bonchev–Trinajstić information content (AvgIpc) is 3.04. The van der Waals surface area contributed by atoms with E-state index in [4.69, 9.17) is 10.2 Å². The monoisotopic (exact) mass is 260 g/mol. The average molecular weight is 260 g/mol. The molecule has 3 aromatic rings. The predicted molar refractivity (Wildman–Crippen MR) is 70.2 cm³/mol. The Kier molecular flexibility index (Phi) is 3.04. The van der Waals surface area contributed by atoms with Crippen molar-refractivity contribution in [3.8, 4) is 0 Å². The maximum absolute atomic E-state index is 6.10. The highest BCUT2D eigenvalue weighted by molar-refractivity contribution is 7.99. The zero-order valence-corrected chi connectivity index (χ0v) is 10.4. The first-order valence-electron chi connectivity index (χ1n) is 5.55. The van der Waals surface area contributed by atoms with Crippen LogP contribution < -0.4 is 5.73 Å².